The smallest absolute Gasteiger partial charge is 0.251 e. The minimum Gasteiger partial charge on any atom is -0.383 e. The fourth-order valence-corrected chi connectivity index (χ4v) is 5.57. The van der Waals surface area contributed by atoms with Gasteiger partial charge in [-0.2, -0.15) is 4.39 Å². The molecule has 198 valence electrons. The number of nitrogens with two attached hydrogens (primary N) is 1. The average molecular weight is 518 g/mol. The van der Waals surface area contributed by atoms with Crippen molar-refractivity contribution >= 4 is 17.4 Å². The van der Waals surface area contributed by atoms with E-state index in [0.717, 1.165) is 67.1 Å². The zero-order valence-corrected chi connectivity index (χ0v) is 21.5. The molecule has 3 aliphatic rings. The van der Waals surface area contributed by atoms with E-state index in [-0.39, 0.29) is 17.8 Å². The second-order valence-electron chi connectivity index (χ2n) is 10.1. The molecule has 1 aromatic heterocycles. The van der Waals surface area contributed by atoms with E-state index in [4.69, 9.17) is 15.2 Å². The van der Waals surface area contributed by atoms with E-state index in [9.17, 15) is 4.79 Å². The molecule has 0 bridgehead atoms. The third-order valence-electron chi connectivity index (χ3n) is 7.74. The Morgan fingerprint density at radius 2 is 1.84 bits per heavy atom. The second kappa shape index (κ2) is 10.3. The number of ether oxygens (including phenoxy) is 2. The van der Waals surface area contributed by atoms with Crippen LogP contribution in [-0.4, -0.2) is 74.9 Å². The number of nitrogens with zero attached hydrogens (tertiary/aromatic N) is 3. The van der Waals surface area contributed by atoms with Crippen LogP contribution in [0.4, 0.5) is 15.9 Å². The lowest BCUT2D eigenvalue weighted by Gasteiger charge is -2.39. The summed E-state index contributed by atoms with van der Waals surface area (Å²) in [6.45, 7) is 6.14. The lowest BCUT2D eigenvalue weighted by atomic mass is 9.93. The Morgan fingerprint density at radius 1 is 1.08 bits per heavy atom. The van der Waals surface area contributed by atoms with Crippen molar-refractivity contribution < 1.29 is 18.7 Å². The standard InChI is InChI=1S/C29H32FN5O3/c1-37-22-16-34(17-22)15-21-13-18(3-5-26(21)35-8-10-38-11-9-35)24-14-25(28(31)33-27(24)30)19-2-4-23-20(12-19)6-7-32-29(23)36/h2-5,12-14,22H,6-11,15-17H2,1H3,(H2,31,33)(H,32,36). The molecule has 9 heteroatoms. The van der Waals surface area contributed by atoms with Gasteiger partial charge >= 0.3 is 0 Å². The van der Waals surface area contributed by atoms with E-state index in [1.807, 2.05) is 18.2 Å². The molecule has 0 spiro atoms. The number of halogens is 1. The van der Waals surface area contributed by atoms with Gasteiger partial charge in [0.05, 0.1) is 19.3 Å². The van der Waals surface area contributed by atoms with Crippen molar-refractivity contribution in [1.82, 2.24) is 15.2 Å². The molecule has 0 aliphatic carbocycles. The van der Waals surface area contributed by atoms with Crippen LogP contribution in [0, 0.1) is 5.95 Å². The Kier molecular flexibility index (Phi) is 6.73. The highest BCUT2D eigenvalue weighted by molar-refractivity contribution is 5.97. The van der Waals surface area contributed by atoms with Gasteiger partial charge in [-0.05, 0) is 52.9 Å². The van der Waals surface area contributed by atoms with Crippen LogP contribution in [0.15, 0.2) is 42.5 Å². The summed E-state index contributed by atoms with van der Waals surface area (Å²) in [6, 6.07) is 13.5. The Balaban J connectivity index is 1.37. The van der Waals surface area contributed by atoms with Crippen LogP contribution < -0.4 is 16.0 Å². The molecule has 38 heavy (non-hydrogen) atoms. The van der Waals surface area contributed by atoms with Crippen molar-refractivity contribution in [2.75, 3.05) is 63.7 Å². The number of fused-ring (bicyclic) bond motifs is 1. The molecule has 2 fully saturated rings. The minimum absolute atomic E-state index is 0.0735. The molecule has 6 rings (SSSR count). The summed E-state index contributed by atoms with van der Waals surface area (Å²) in [5.41, 5.74) is 12.7. The summed E-state index contributed by atoms with van der Waals surface area (Å²) >= 11 is 0. The fraction of sp³-hybridized carbons (Fsp3) is 0.379. The molecule has 3 N–H and O–H groups in total. The first-order valence-electron chi connectivity index (χ1n) is 13.1. The van der Waals surface area contributed by atoms with E-state index in [2.05, 4.69) is 32.2 Å². The van der Waals surface area contributed by atoms with Crippen LogP contribution in [-0.2, 0) is 22.4 Å². The number of anilines is 2. The zero-order valence-electron chi connectivity index (χ0n) is 21.5. The zero-order chi connectivity index (χ0) is 26.2. The second-order valence-corrected chi connectivity index (χ2v) is 10.1. The van der Waals surface area contributed by atoms with Crippen molar-refractivity contribution in [2.24, 2.45) is 0 Å². The molecule has 0 radical (unpaired) electrons. The Hall–Kier alpha value is -3.53. The number of hydrogen-bond acceptors (Lipinski definition) is 7. The number of hydrogen-bond donors (Lipinski definition) is 2. The van der Waals surface area contributed by atoms with Gasteiger partial charge < -0.3 is 25.4 Å². The van der Waals surface area contributed by atoms with E-state index in [0.29, 0.717) is 36.4 Å². The van der Waals surface area contributed by atoms with Crippen LogP contribution in [0.5, 0.6) is 0 Å². The van der Waals surface area contributed by atoms with Crippen molar-refractivity contribution in [3.05, 3.63) is 65.1 Å². The number of morpholine rings is 1. The Labute approximate surface area is 221 Å². The third-order valence-corrected chi connectivity index (χ3v) is 7.74. The van der Waals surface area contributed by atoms with Gasteiger partial charge in [-0.25, -0.2) is 4.98 Å². The van der Waals surface area contributed by atoms with Gasteiger partial charge in [-0.1, -0.05) is 18.2 Å². The molecule has 2 aromatic carbocycles. The highest BCUT2D eigenvalue weighted by atomic mass is 19.1. The summed E-state index contributed by atoms with van der Waals surface area (Å²) in [6.07, 6.45) is 0.998. The number of carbonyl (C=O) groups is 1. The van der Waals surface area contributed by atoms with Crippen LogP contribution in [0.25, 0.3) is 22.3 Å². The predicted molar refractivity (Wildman–Crippen MR) is 145 cm³/mol. The molecular weight excluding hydrogens is 485 g/mol. The van der Waals surface area contributed by atoms with Crippen molar-refractivity contribution in [1.29, 1.82) is 0 Å². The number of nitrogens with one attached hydrogen (secondary N) is 1. The molecule has 0 unspecified atom stereocenters. The monoisotopic (exact) mass is 517 g/mol. The third kappa shape index (κ3) is 4.73. The highest BCUT2D eigenvalue weighted by Crippen LogP contribution is 2.36. The van der Waals surface area contributed by atoms with Crippen LogP contribution in [0.2, 0.25) is 0 Å². The number of nitrogen functional groups attached to an aromatic ring is 1. The lowest BCUT2D eigenvalue weighted by molar-refractivity contribution is -0.0333. The molecule has 8 nitrogen and oxygen atoms in total. The van der Waals surface area contributed by atoms with Gasteiger partial charge in [-0.15, -0.1) is 0 Å². The number of benzene rings is 2. The molecular formula is C29H32FN5O3. The SMILES string of the molecule is COC1CN(Cc2cc(-c3cc(-c4ccc5c(c4)CCNC5=O)c(N)nc3F)ccc2N2CCOCC2)C1. The topological polar surface area (TPSA) is 93.0 Å². The van der Waals surface area contributed by atoms with Gasteiger partial charge in [0, 0.05) is 68.8 Å². The van der Waals surface area contributed by atoms with Crippen LogP contribution in [0.3, 0.4) is 0 Å². The largest absolute Gasteiger partial charge is 0.383 e. The van der Waals surface area contributed by atoms with Crippen LogP contribution >= 0.6 is 0 Å². The van der Waals surface area contributed by atoms with E-state index >= 15 is 4.39 Å². The normalized spacial score (nSPS) is 18.2. The lowest BCUT2D eigenvalue weighted by Crippen LogP contribution is -2.51. The van der Waals surface area contributed by atoms with Gasteiger partial charge in [0.1, 0.15) is 5.82 Å². The molecule has 1 amide bonds. The highest BCUT2D eigenvalue weighted by Gasteiger charge is 2.28. The number of amides is 1. The summed E-state index contributed by atoms with van der Waals surface area (Å²) in [7, 11) is 1.74. The number of carbonyl (C=O) groups excluding carboxylic acids is 1. The first-order valence-corrected chi connectivity index (χ1v) is 13.1. The molecule has 0 atom stereocenters. The van der Waals surface area contributed by atoms with Crippen molar-refractivity contribution in [3.8, 4) is 22.3 Å². The minimum atomic E-state index is -0.600. The quantitative estimate of drug-likeness (QED) is 0.486. The van der Waals surface area contributed by atoms with Gasteiger partial charge in [0.25, 0.3) is 5.91 Å². The summed E-state index contributed by atoms with van der Waals surface area (Å²) in [4.78, 5) is 20.9. The van der Waals surface area contributed by atoms with E-state index < -0.39 is 5.95 Å². The van der Waals surface area contributed by atoms with Gasteiger partial charge in [0.15, 0.2) is 0 Å². The maximum Gasteiger partial charge on any atom is 0.251 e. The Morgan fingerprint density at radius 3 is 2.63 bits per heavy atom. The van der Waals surface area contributed by atoms with E-state index in [1.165, 1.54) is 0 Å². The number of methoxy groups -OCH3 is 1. The van der Waals surface area contributed by atoms with Gasteiger partial charge in [-0.3, -0.25) is 9.69 Å². The molecule has 0 saturated carbocycles. The van der Waals surface area contributed by atoms with Crippen molar-refractivity contribution in [2.45, 2.75) is 19.1 Å². The van der Waals surface area contributed by atoms with E-state index in [1.54, 1.807) is 19.2 Å². The number of rotatable bonds is 6. The van der Waals surface area contributed by atoms with Crippen LogP contribution in [0.1, 0.15) is 21.5 Å². The summed E-state index contributed by atoms with van der Waals surface area (Å²) < 4.78 is 26.3. The maximum atomic E-state index is 15.3. The molecule has 3 aliphatic heterocycles. The fourth-order valence-electron chi connectivity index (χ4n) is 5.57. The summed E-state index contributed by atoms with van der Waals surface area (Å²) in [5.74, 6) is -0.546. The first-order chi connectivity index (χ1) is 18.5. The number of pyridine rings is 1. The molecule has 3 aromatic rings. The molecule has 2 saturated heterocycles. The predicted octanol–water partition coefficient (Wildman–Crippen LogP) is 3.09. The summed E-state index contributed by atoms with van der Waals surface area (Å²) in [5, 5.41) is 2.86. The molecule has 4 heterocycles. The first kappa shape index (κ1) is 24.8. The number of likely N-dealkylation sites (tertiary alicyclic amines) is 1. The van der Waals surface area contributed by atoms with Crippen molar-refractivity contribution in [3.63, 3.8) is 0 Å². The number of aromatic nitrogens is 1. The maximum absolute atomic E-state index is 15.3. The Bertz CT molecular complexity index is 1370. The van der Waals surface area contributed by atoms with Gasteiger partial charge in [0.2, 0.25) is 5.95 Å². The average Bonchev–Trinajstić information content (AvgIpc) is 2.91.